The standard InChI is InChI=1S/C19H24N2O3/c1-15-8-11-24-18(15)19(22)20-12-17-14-21(9-5-10-23-17)13-16-6-3-2-4-7-16/h2-4,6-8,11,17H,5,9-10,12-14H2,1H3,(H,20,22). The van der Waals surface area contributed by atoms with Gasteiger partial charge in [0, 0.05) is 38.3 Å². The maximum atomic E-state index is 12.2. The van der Waals surface area contributed by atoms with Gasteiger partial charge in [0.1, 0.15) is 0 Å². The van der Waals surface area contributed by atoms with E-state index in [0.717, 1.165) is 38.2 Å². The molecule has 0 spiro atoms. The van der Waals surface area contributed by atoms with Crippen molar-refractivity contribution in [2.24, 2.45) is 0 Å². The highest BCUT2D eigenvalue weighted by Gasteiger charge is 2.21. The van der Waals surface area contributed by atoms with Crippen molar-refractivity contribution in [2.45, 2.75) is 26.0 Å². The Morgan fingerprint density at radius 1 is 1.29 bits per heavy atom. The molecular weight excluding hydrogens is 304 g/mol. The summed E-state index contributed by atoms with van der Waals surface area (Å²) in [4.78, 5) is 14.5. The SMILES string of the molecule is Cc1ccoc1C(=O)NCC1CN(Cc2ccccc2)CCCO1. The molecule has 1 aromatic carbocycles. The molecule has 128 valence electrons. The Labute approximate surface area is 142 Å². The maximum absolute atomic E-state index is 12.2. The van der Waals surface area contributed by atoms with Gasteiger partial charge in [-0.05, 0) is 25.0 Å². The molecule has 24 heavy (non-hydrogen) atoms. The molecule has 1 aliphatic heterocycles. The van der Waals surface area contributed by atoms with Gasteiger partial charge in [-0.1, -0.05) is 30.3 Å². The van der Waals surface area contributed by atoms with Crippen molar-refractivity contribution in [2.75, 3.05) is 26.2 Å². The number of amides is 1. The zero-order chi connectivity index (χ0) is 16.8. The van der Waals surface area contributed by atoms with E-state index in [9.17, 15) is 4.79 Å². The van der Waals surface area contributed by atoms with Gasteiger partial charge in [-0.15, -0.1) is 0 Å². The Hall–Kier alpha value is -2.11. The number of ether oxygens (including phenoxy) is 1. The molecule has 3 rings (SSSR count). The van der Waals surface area contributed by atoms with E-state index in [2.05, 4.69) is 34.5 Å². The van der Waals surface area contributed by atoms with Crippen LogP contribution >= 0.6 is 0 Å². The van der Waals surface area contributed by atoms with Crippen LogP contribution in [0.5, 0.6) is 0 Å². The number of nitrogens with one attached hydrogen (secondary N) is 1. The molecule has 1 N–H and O–H groups in total. The molecule has 1 saturated heterocycles. The molecule has 0 saturated carbocycles. The average molecular weight is 328 g/mol. The molecule has 1 aliphatic rings. The van der Waals surface area contributed by atoms with Crippen LogP contribution in [0.2, 0.25) is 0 Å². The second-order valence-corrected chi connectivity index (χ2v) is 6.21. The van der Waals surface area contributed by atoms with Gasteiger partial charge in [-0.2, -0.15) is 0 Å². The molecule has 1 atom stereocenters. The Morgan fingerprint density at radius 3 is 2.88 bits per heavy atom. The third-order valence-electron chi connectivity index (χ3n) is 4.24. The van der Waals surface area contributed by atoms with Crippen molar-refractivity contribution < 1.29 is 13.9 Å². The van der Waals surface area contributed by atoms with Gasteiger partial charge >= 0.3 is 0 Å². The Kier molecular flexibility index (Phi) is 5.67. The fourth-order valence-electron chi connectivity index (χ4n) is 2.97. The molecule has 1 fully saturated rings. The third-order valence-corrected chi connectivity index (χ3v) is 4.24. The number of hydrogen-bond acceptors (Lipinski definition) is 4. The minimum atomic E-state index is -0.181. The van der Waals surface area contributed by atoms with E-state index in [-0.39, 0.29) is 12.0 Å². The molecule has 1 amide bonds. The largest absolute Gasteiger partial charge is 0.459 e. The minimum absolute atomic E-state index is 0.00423. The Bertz CT molecular complexity index is 654. The highest BCUT2D eigenvalue weighted by molar-refractivity contribution is 5.92. The lowest BCUT2D eigenvalue weighted by molar-refractivity contribution is 0.0505. The first-order valence-electron chi connectivity index (χ1n) is 8.42. The quantitative estimate of drug-likeness (QED) is 0.917. The fourth-order valence-corrected chi connectivity index (χ4v) is 2.97. The van der Waals surface area contributed by atoms with Crippen LogP contribution in [-0.2, 0) is 11.3 Å². The van der Waals surface area contributed by atoms with Crippen LogP contribution in [0.15, 0.2) is 47.1 Å². The van der Waals surface area contributed by atoms with Crippen molar-refractivity contribution in [1.29, 1.82) is 0 Å². The molecule has 1 unspecified atom stereocenters. The van der Waals surface area contributed by atoms with Crippen LogP contribution in [0.1, 0.15) is 28.1 Å². The first-order valence-corrected chi connectivity index (χ1v) is 8.42. The number of furan rings is 1. The lowest BCUT2D eigenvalue weighted by atomic mass is 10.2. The predicted molar refractivity (Wildman–Crippen MR) is 91.9 cm³/mol. The summed E-state index contributed by atoms with van der Waals surface area (Å²) in [6, 6.07) is 12.2. The Morgan fingerprint density at radius 2 is 2.12 bits per heavy atom. The monoisotopic (exact) mass is 328 g/mol. The third kappa shape index (κ3) is 4.46. The lowest BCUT2D eigenvalue weighted by Crippen LogP contribution is -2.40. The first-order chi connectivity index (χ1) is 11.7. The molecule has 5 nitrogen and oxygen atoms in total. The van der Waals surface area contributed by atoms with E-state index in [1.54, 1.807) is 6.07 Å². The lowest BCUT2D eigenvalue weighted by Gasteiger charge is -2.24. The maximum Gasteiger partial charge on any atom is 0.287 e. The summed E-state index contributed by atoms with van der Waals surface area (Å²) < 4.78 is 11.1. The van der Waals surface area contributed by atoms with E-state index in [1.165, 1.54) is 11.8 Å². The van der Waals surface area contributed by atoms with Gasteiger partial charge < -0.3 is 14.5 Å². The van der Waals surface area contributed by atoms with Crippen LogP contribution < -0.4 is 5.32 Å². The summed E-state index contributed by atoms with van der Waals surface area (Å²) in [5.74, 6) is 0.199. The van der Waals surface area contributed by atoms with E-state index < -0.39 is 0 Å². The highest BCUT2D eigenvalue weighted by Crippen LogP contribution is 2.12. The molecular formula is C19H24N2O3. The van der Waals surface area contributed by atoms with Crippen molar-refractivity contribution in [3.05, 3.63) is 59.5 Å². The summed E-state index contributed by atoms with van der Waals surface area (Å²) >= 11 is 0. The van der Waals surface area contributed by atoms with Crippen LogP contribution in [0.25, 0.3) is 0 Å². The fraction of sp³-hybridized carbons (Fsp3) is 0.421. The Balaban J connectivity index is 1.53. The van der Waals surface area contributed by atoms with Crippen LogP contribution in [-0.4, -0.2) is 43.2 Å². The molecule has 5 heteroatoms. The van der Waals surface area contributed by atoms with Gasteiger partial charge in [0.15, 0.2) is 5.76 Å². The van der Waals surface area contributed by atoms with E-state index >= 15 is 0 Å². The highest BCUT2D eigenvalue weighted by atomic mass is 16.5. The molecule has 0 aliphatic carbocycles. The zero-order valence-electron chi connectivity index (χ0n) is 14.0. The van der Waals surface area contributed by atoms with Crippen molar-refractivity contribution in [1.82, 2.24) is 10.2 Å². The number of hydrogen-bond donors (Lipinski definition) is 1. The van der Waals surface area contributed by atoms with Gasteiger partial charge in [-0.25, -0.2) is 0 Å². The number of carbonyl (C=O) groups is 1. The second-order valence-electron chi connectivity index (χ2n) is 6.21. The summed E-state index contributed by atoms with van der Waals surface area (Å²) in [6.07, 6.45) is 2.54. The van der Waals surface area contributed by atoms with E-state index in [1.807, 2.05) is 13.0 Å². The first kappa shape index (κ1) is 16.7. The molecule has 2 heterocycles. The molecule has 0 bridgehead atoms. The smallest absolute Gasteiger partial charge is 0.287 e. The molecule has 1 aromatic heterocycles. The minimum Gasteiger partial charge on any atom is -0.459 e. The van der Waals surface area contributed by atoms with Gasteiger partial charge in [-0.3, -0.25) is 9.69 Å². The number of benzene rings is 1. The number of nitrogens with zero attached hydrogens (tertiary/aromatic N) is 1. The van der Waals surface area contributed by atoms with Crippen molar-refractivity contribution >= 4 is 5.91 Å². The number of carbonyl (C=O) groups excluding carboxylic acids is 1. The van der Waals surface area contributed by atoms with Crippen LogP contribution in [0.4, 0.5) is 0 Å². The second kappa shape index (κ2) is 8.13. The van der Waals surface area contributed by atoms with Crippen LogP contribution in [0.3, 0.4) is 0 Å². The van der Waals surface area contributed by atoms with Crippen LogP contribution in [0, 0.1) is 6.92 Å². The summed E-state index contributed by atoms with van der Waals surface area (Å²) in [5.41, 5.74) is 2.15. The van der Waals surface area contributed by atoms with E-state index in [4.69, 9.17) is 9.15 Å². The normalized spacial score (nSPS) is 19.0. The molecule has 2 aromatic rings. The average Bonchev–Trinajstić information content (AvgIpc) is 2.89. The van der Waals surface area contributed by atoms with Crippen molar-refractivity contribution in [3.63, 3.8) is 0 Å². The summed E-state index contributed by atoms with van der Waals surface area (Å²) in [5, 5.41) is 2.92. The van der Waals surface area contributed by atoms with Gasteiger partial charge in [0.2, 0.25) is 0 Å². The van der Waals surface area contributed by atoms with Gasteiger partial charge in [0.25, 0.3) is 5.91 Å². The number of aryl methyl sites for hydroxylation is 1. The van der Waals surface area contributed by atoms with Crippen molar-refractivity contribution in [3.8, 4) is 0 Å². The molecule has 0 radical (unpaired) electrons. The van der Waals surface area contributed by atoms with E-state index in [0.29, 0.717) is 12.3 Å². The topological polar surface area (TPSA) is 54.7 Å². The zero-order valence-corrected chi connectivity index (χ0v) is 14.0. The predicted octanol–water partition coefficient (Wildman–Crippen LogP) is 2.61. The summed E-state index contributed by atoms with van der Waals surface area (Å²) in [6.45, 7) is 5.81. The number of rotatable bonds is 5. The van der Waals surface area contributed by atoms with Gasteiger partial charge in [0.05, 0.1) is 12.4 Å². The summed E-state index contributed by atoms with van der Waals surface area (Å²) in [7, 11) is 0.